The number of amides is 1. The highest BCUT2D eigenvalue weighted by Gasteiger charge is 2.32. The van der Waals surface area contributed by atoms with E-state index in [9.17, 15) is 18.0 Å². The first-order chi connectivity index (χ1) is 14.2. The summed E-state index contributed by atoms with van der Waals surface area (Å²) in [6, 6.07) is 15.2. The summed E-state index contributed by atoms with van der Waals surface area (Å²) in [7, 11) is -3.37. The zero-order chi connectivity index (χ0) is 21.7. The molecule has 1 amide bonds. The topological polar surface area (TPSA) is 90.0 Å². The summed E-state index contributed by atoms with van der Waals surface area (Å²) in [4.78, 5) is 26.5. The molecule has 158 valence electrons. The van der Waals surface area contributed by atoms with Crippen LogP contribution >= 0.6 is 0 Å². The minimum absolute atomic E-state index is 0.214. The number of hydrogen-bond acceptors (Lipinski definition) is 6. The highest BCUT2D eigenvalue weighted by Crippen LogP contribution is 2.23. The molecule has 0 saturated heterocycles. The molecule has 0 fully saturated rings. The predicted molar refractivity (Wildman–Crippen MR) is 113 cm³/mol. The fourth-order valence-electron chi connectivity index (χ4n) is 3.02. The van der Waals surface area contributed by atoms with Crippen molar-refractivity contribution in [2.24, 2.45) is 0 Å². The summed E-state index contributed by atoms with van der Waals surface area (Å²) in [5.41, 5.74) is 1.58. The molecule has 2 aromatic rings. The van der Waals surface area contributed by atoms with Gasteiger partial charge >= 0.3 is 5.97 Å². The molecule has 0 radical (unpaired) electrons. The first kappa shape index (κ1) is 21.6. The molecular weight excluding hydrogens is 406 g/mol. The molecule has 0 aromatic heterocycles. The minimum atomic E-state index is -3.37. The molecule has 1 heterocycles. The van der Waals surface area contributed by atoms with Crippen LogP contribution in [0.2, 0.25) is 0 Å². The van der Waals surface area contributed by atoms with Crippen LogP contribution in [-0.4, -0.2) is 44.8 Å². The number of carbonyl (C=O) groups is 2. The fourth-order valence-corrected chi connectivity index (χ4v) is 4.29. The Kier molecular flexibility index (Phi) is 6.56. The van der Waals surface area contributed by atoms with Crippen LogP contribution in [0, 0.1) is 6.92 Å². The van der Waals surface area contributed by atoms with E-state index in [1.54, 1.807) is 42.5 Å². The van der Waals surface area contributed by atoms with Gasteiger partial charge in [-0.1, -0.05) is 35.9 Å². The van der Waals surface area contributed by atoms with Gasteiger partial charge < -0.3 is 14.4 Å². The summed E-state index contributed by atoms with van der Waals surface area (Å²) >= 11 is 0. The number of anilines is 1. The average molecular weight is 429 g/mol. The number of rotatable bonds is 7. The lowest BCUT2D eigenvalue weighted by Gasteiger charge is -2.27. The number of ether oxygens (including phenoxy) is 2. The van der Waals surface area contributed by atoms with Crippen LogP contribution < -0.4 is 9.64 Å². The van der Waals surface area contributed by atoms with Gasteiger partial charge in [-0.2, -0.15) is 0 Å². The molecule has 2 unspecified atom stereocenters. The molecule has 1 aliphatic heterocycles. The van der Waals surface area contributed by atoms with Crippen LogP contribution in [0.5, 0.6) is 5.75 Å². The van der Waals surface area contributed by atoms with E-state index in [1.807, 2.05) is 19.1 Å². The second-order valence-corrected chi connectivity index (χ2v) is 8.94. The third kappa shape index (κ3) is 5.48. The second kappa shape index (κ2) is 9.13. The molecule has 1 aliphatic rings. The summed E-state index contributed by atoms with van der Waals surface area (Å²) in [5, 5.41) is 1.10. The Labute approximate surface area is 175 Å². The third-order valence-electron chi connectivity index (χ3n) is 4.55. The van der Waals surface area contributed by atoms with Gasteiger partial charge in [0.1, 0.15) is 5.75 Å². The minimum Gasteiger partial charge on any atom is -0.479 e. The van der Waals surface area contributed by atoms with Crippen molar-refractivity contribution in [3.8, 4) is 5.75 Å². The molecule has 8 heteroatoms. The fraction of sp³-hybridized carbons (Fsp3) is 0.273. The average Bonchev–Trinajstić information content (AvgIpc) is 3.08. The lowest BCUT2D eigenvalue weighted by Crippen LogP contribution is -2.44. The molecule has 7 nitrogen and oxygen atoms in total. The Bertz CT molecular complexity index is 1030. The molecule has 0 spiro atoms. The van der Waals surface area contributed by atoms with Crippen LogP contribution in [-0.2, 0) is 24.2 Å². The van der Waals surface area contributed by atoms with Gasteiger partial charge in [0, 0.05) is 11.1 Å². The smallest absolute Gasteiger partial charge is 0.347 e. The summed E-state index contributed by atoms with van der Waals surface area (Å²) < 4.78 is 34.3. The van der Waals surface area contributed by atoms with Crippen molar-refractivity contribution in [1.82, 2.24) is 0 Å². The first-order valence-electron chi connectivity index (χ1n) is 9.43. The van der Waals surface area contributed by atoms with Gasteiger partial charge in [-0.25, -0.2) is 13.2 Å². The van der Waals surface area contributed by atoms with E-state index in [2.05, 4.69) is 0 Å². The van der Waals surface area contributed by atoms with Gasteiger partial charge in [0.2, 0.25) is 0 Å². The highest BCUT2D eigenvalue weighted by atomic mass is 32.2. The van der Waals surface area contributed by atoms with Crippen molar-refractivity contribution < 1.29 is 27.5 Å². The van der Waals surface area contributed by atoms with Gasteiger partial charge in [0.25, 0.3) is 5.91 Å². The number of hydrogen-bond donors (Lipinski definition) is 0. The number of sulfone groups is 1. The van der Waals surface area contributed by atoms with E-state index in [1.165, 1.54) is 17.9 Å². The van der Waals surface area contributed by atoms with Crippen LogP contribution in [0.25, 0.3) is 0 Å². The van der Waals surface area contributed by atoms with Gasteiger partial charge in [0.05, 0.1) is 11.8 Å². The number of esters is 1. The standard InChI is InChI=1S/C22H23NO6S/c1-16-8-10-20(11-9-16)29-17(2)22(25)28-14-21(24)23(18-6-4-3-5-7-18)19-12-13-30(26,27)15-19/h3-13,17,19H,14-15H2,1-2H3. The van der Waals surface area contributed by atoms with Gasteiger partial charge in [-0.3, -0.25) is 4.79 Å². The lowest BCUT2D eigenvalue weighted by atomic mass is 10.2. The number of benzene rings is 2. The van der Waals surface area contributed by atoms with Crippen LogP contribution in [0.1, 0.15) is 12.5 Å². The molecule has 3 rings (SSSR count). The third-order valence-corrected chi connectivity index (χ3v) is 5.93. The van der Waals surface area contributed by atoms with Crippen molar-refractivity contribution >= 4 is 27.4 Å². The largest absolute Gasteiger partial charge is 0.479 e. The Hall–Kier alpha value is -3.13. The Morgan fingerprint density at radius 2 is 1.77 bits per heavy atom. The van der Waals surface area contributed by atoms with E-state index < -0.39 is 40.5 Å². The lowest BCUT2D eigenvalue weighted by molar-refractivity contribution is -0.154. The number of para-hydroxylation sites is 1. The van der Waals surface area contributed by atoms with Crippen LogP contribution in [0.15, 0.2) is 66.1 Å². The maximum absolute atomic E-state index is 12.8. The Morgan fingerprint density at radius 1 is 1.10 bits per heavy atom. The maximum Gasteiger partial charge on any atom is 0.347 e. The molecule has 2 aromatic carbocycles. The summed E-state index contributed by atoms with van der Waals surface area (Å²) in [6.45, 7) is 2.95. The Balaban J connectivity index is 1.64. The molecule has 30 heavy (non-hydrogen) atoms. The second-order valence-electron chi connectivity index (χ2n) is 7.01. The van der Waals surface area contributed by atoms with E-state index in [0.717, 1.165) is 11.0 Å². The van der Waals surface area contributed by atoms with E-state index >= 15 is 0 Å². The monoisotopic (exact) mass is 429 g/mol. The van der Waals surface area contributed by atoms with Gasteiger partial charge in [-0.05, 0) is 44.2 Å². The van der Waals surface area contributed by atoms with Crippen LogP contribution in [0.4, 0.5) is 5.69 Å². The van der Waals surface area contributed by atoms with Gasteiger partial charge in [0.15, 0.2) is 22.5 Å². The molecule has 0 N–H and O–H groups in total. The normalized spacial score (nSPS) is 17.9. The number of aryl methyl sites for hydroxylation is 1. The molecule has 0 aliphatic carbocycles. The predicted octanol–water partition coefficient (Wildman–Crippen LogP) is 2.65. The molecule has 2 atom stereocenters. The molecule has 0 saturated carbocycles. The SMILES string of the molecule is Cc1ccc(OC(C)C(=O)OCC(=O)N(c2ccccc2)C2C=CS(=O)(=O)C2)cc1. The molecular formula is C22H23NO6S. The number of carbonyl (C=O) groups excluding carboxylic acids is 2. The quantitative estimate of drug-likeness (QED) is 0.629. The summed E-state index contributed by atoms with van der Waals surface area (Å²) in [6.07, 6.45) is 0.558. The first-order valence-corrected chi connectivity index (χ1v) is 11.1. The Morgan fingerprint density at radius 3 is 2.37 bits per heavy atom. The van der Waals surface area contributed by atoms with Crippen LogP contribution in [0.3, 0.4) is 0 Å². The van der Waals surface area contributed by atoms with E-state index in [0.29, 0.717) is 11.4 Å². The molecule has 0 bridgehead atoms. The van der Waals surface area contributed by atoms with Crippen molar-refractivity contribution in [2.45, 2.75) is 26.0 Å². The van der Waals surface area contributed by atoms with Gasteiger partial charge in [-0.15, -0.1) is 0 Å². The number of nitrogens with zero attached hydrogens (tertiary/aromatic N) is 1. The van der Waals surface area contributed by atoms with Crippen molar-refractivity contribution in [3.05, 3.63) is 71.6 Å². The van der Waals surface area contributed by atoms with Crippen molar-refractivity contribution in [3.63, 3.8) is 0 Å². The highest BCUT2D eigenvalue weighted by molar-refractivity contribution is 7.94. The van der Waals surface area contributed by atoms with E-state index in [4.69, 9.17) is 9.47 Å². The maximum atomic E-state index is 12.8. The van der Waals surface area contributed by atoms with E-state index in [-0.39, 0.29) is 5.75 Å². The zero-order valence-electron chi connectivity index (χ0n) is 16.7. The summed E-state index contributed by atoms with van der Waals surface area (Å²) in [5.74, 6) is -0.909. The van der Waals surface area contributed by atoms with Crippen molar-refractivity contribution in [1.29, 1.82) is 0 Å². The van der Waals surface area contributed by atoms with Crippen molar-refractivity contribution in [2.75, 3.05) is 17.3 Å². The zero-order valence-corrected chi connectivity index (χ0v) is 17.5.